The first-order valence-electron chi connectivity index (χ1n) is 5.66. The van der Waals surface area contributed by atoms with E-state index < -0.39 is 10.8 Å². The summed E-state index contributed by atoms with van der Waals surface area (Å²) in [6, 6.07) is 7.63. The summed E-state index contributed by atoms with van der Waals surface area (Å²) >= 11 is 3.40. The first-order chi connectivity index (χ1) is 8.19. The summed E-state index contributed by atoms with van der Waals surface area (Å²) in [7, 11) is -1.05. The van der Waals surface area contributed by atoms with Crippen LogP contribution in [-0.4, -0.2) is 34.3 Å². The van der Waals surface area contributed by atoms with Gasteiger partial charge in [-0.15, -0.1) is 0 Å². The molecule has 1 aromatic carbocycles. The molecule has 96 valence electrons. The van der Waals surface area contributed by atoms with Gasteiger partial charge in [0.1, 0.15) is 0 Å². The highest BCUT2D eigenvalue weighted by Crippen LogP contribution is 2.20. The number of benzene rings is 1. The first-order valence-corrected chi connectivity index (χ1v) is 7.77. The number of rotatable bonds is 7. The van der Waals surface area contributed by atoms with Crippen molar-refractivity contribution in [3.63, 3.8) is 0 Å². The van der Waals surface area contributed by atoms with Gasteiger partial charge in [0, 0.05) is 22.9 Å². The smallest absolute Gasteiger partial charge is 0.0556 e. The normalized spacial score (nSPS) is 14.5. The molecule has 0 radical (unpaired) electrons. The molecule has 5 heteroatoms. The fraction of sp³-hybridized carbons (Fsp3) is 0.500. The van der Waals surface area contributed by atoms with E-state index in [1.807, 2.05) is 31.2 Å². The van der Waals surface area contributed by atoms with Gasteiger partial charge in [-0.3, -0.25) is 4.21 Å². The molecular formula is C12H18BrNO2S. The van der Waals surface area contributed by atoms with Gasteiger partial charge in [-0.1, -0.05) is 19.1 Å². The van der Waals surface area contributed by atoms with Gasteiger partial charge < -0.3 is 10.4 Å². The van der Waals surface area contributed by atoms with Crippen molar-refractivity contribution >= 4 is 26.7 Å². The Labute approximate surface area is 113 Å². The predicted molar refractivity (Wildman–Crippen MR) is 74.6 cm³/mol. The van der Waals surface area contributed by atoms with Gasteiger partial charge in [-0.2, -0.15) is 0 Å². The Morgan fingerprint density at radius 2 is 2.18 bits per heavy atom. The highest BCUT2D eigenvalue weighted by Gasteiger charge is 2.14. The number of nitrogens with one attached hydrogen (secondary N) is 1. The van der Waals surface area contributed by atoms with Crippen LogP contribution >= 0.6 is 15.9 Å². The van der Waals surface area contributed by atoms with Crippen LogP contribution in [0.1, 0.15) is 13.3 Å². The van der Waals surface area contributed by atoms with Gasteiger partial charge >= 0.3 is 0 Å². The molecule has 2 N–H and O–H groups in total. The van der Waals surface area contributed by atoms with E-state index in [2.05, 4.69) is 21.2 Å². The number of hydrogen-bond donors (Lipinski definition) is 2. The lowest BCUT2D eigenvalue weighted by Gasteiger charge is -2.16. The van der Waals surface area contributed by atoms with Gasteiger partial charge in [0.25, 0.3) is 0 Å². The Kier molecular flexibility index (Phi) is 6.96. The molecule has 2 atom stereocenters. The van der Waals surface area contributed by atoms with E-state index >= 15 is 0 Å². The van der Waals surface area contributed by atoms with Crippen molar-refractivity contribution in [2.75, 3.05) is 18.9 Å². The van der Waals surface area contributed by atoms with Crippen LogP contribution in [0.15, 0.2) is 33.6 Å². The molecule has 0 heterocycles. The highest BCUT2D eigenvalue weighted by atomic mass is 79.9. The molecule has 1 aromatic rings. The van der Waals surface area contributed by atoms with E-state index in [1.54, 1.807) is 0 Å². The molecule has 1 rings (SSSR count). The van der Waals surface area contributed by atoms with Crippen LogP contribution in [0, 0.1) is 0 Å². The third kappa shape index (κ3) is 4.87. The second-order valence-corrected chi connectivity index (χ2v) is 6.03. The summed E-state index contributed by atoms with van der Waals surface area (Å²) in [5, 5.41) is 12.2. The third-order valence-electron chi connectivity index (χ3n) is 2.40. The van der Waals surface area contributed by atoms with Crippen molar-refractivity contribution in [3.8, 4) is 0 Å². The molecular weight excluding hydrogens is 302 g/mol. The minimum atomic E-state index is -1.05. The van der Waals surface area contributed by atoms with Crippen molar-refractivity contribution in [3.05, 3.63) is 28.7 Å². The van der Waals surface area contributed by atoms with Crippen LogP contribution in [0.5, 0.6) is 0 Å². The quantitative estimate of drug-likeness (QED) is 0.807. The van der Waals surface area contributed by atoms with Crippen molar-refractivity contribution in [2.45, 2.75) is 24.3 Å². The lowest BCUT2D eigenvalue weighted by Crippen LogP contribution is -2.34. The molecule has 2 unspecified atom stereocenters. The zero-order valence-electron chi connectivity index (χ0n) is 9.86. The highest BCUT2D eigenvalue weighted by molar-refractivity contribution is 9.10. The molecule has 3 nitrogen and oxygen atoms in total. The zero-order chi connectivity index (χ0) is 12.7. The lowest BCUT2D eigenvalue weighted by molar-refractivity contribution is 0.270. The van der Waals surface area contributed by atoms with Crippen molar-refractivity contribution in [1.29, 1.82) is 0 Å². The molecule has 0 spiro atoms. The Balaban J connectivity index is 2.67. The van der Waals surface area contributed by atoms with E-state index in [0.717, 1.165) is 15.9 Å². The number of halogens is 1. The van der Waals surface area contributed by atoms with E-state index in [4.69, 9.17) is 5.11 Å². The van der Waals surface area contributed by atoms with E-state index in [9.17, 15) is 4.21 Å². The predicted octanol–water partition coefficient (Wildman–Crippen LogP) is 1.92. The maximum atomic E-state index is 12.2. The van der Waals surface area contributed by atoms with E-state index in [-0.39, 0.29) is 12.6 Å². The average Bonchev–Trinajstić information content (AvgIpc) is 2.30. The van der Waals surface area contributed by atoms with Crippen LogP contribution < -0.4 is 5.32 Å². The minimum absolute atomic E-state index is 0.0953. The van der Waals surface area contributed by atoms with Crippen molar-refractivity contribution in [2.24, 2.45) is 0 Å². The molecule has 0 bridgehead atoms. The molecule has 0 aliphatic carbocycles. The lowest BCUT2D eigenvalue weighted by atomic mass is 10.2. The summed E-state index contributed by atoms with van der Waals surface area (Å²) < 4.78 is 13.1. The van der Waals surface area contributed by atoms with Gasteiger partial charge in [0.05, 0.1) is 15.7 Å². The fourth-order valence-corrected chi connectivity index (χ4v) is 3.76. The number of hydrogen-bond acceptors (Lipinski definition) is 3. The molecule has 0 aliphatic rings. The van der Waals surface area contributed by atoms with Crippen LogP contribution in [-0.2, 0) is 10.8 Å². The average molecular weight is 320 g/mol. The molecule has 17 heavy (non-hydrogen) atoms. The number of aliphatic hydroxyl groups is 1. The molecule has 0 saturated carbocycles. The summed E-state index contributed by atoms with van der Waals surface area (Å²) in [5.74, 6) is 0.525. The minimum Gasteiger partial charge on any atom is -0.396 e. The maximum Gasteiger partial charge on any atom is 0.0556 e. The van der Waals surface area contributed by atoms with Gasteiger partial charge in [0.2, 0.25) is 0 Å². The summed E-state index contributed by atoms with van der Waals surface area (Å²) in [5.41, 5.74) is 0. The van der Waals surface area contributed by atoms with E-state index in [1.165, 1.54) is 0 Å². The second-order valence-electron chi connectivity index (χ2n) is 3.71. The SMILES string of the molecule is CCNC(CCO)CS(=O)c1ccccc1Br. The molecule has 0 fully saturated rings. The van der Waals surface area contributed by atoms with Crippen LogP contribution in [0.2, 0.25) is 0 Å². The Morgan fingerprint density at radius 1 is 1.47 bits per heavy atom. The van der Waals surface area contributed by atoms with Crippen LogP contribution in [0.25, 0.3) is 0 Å². The van der Waals surface area contributed by atoms with Crippen LogP contribution in [0.3, 0.4) is 0 Å². The Bertz CT molecular complexity index is 367. The van der Waals surface area contributed by atoms with E-state index in [0.29, 0.717) is 12.2 Å². The number of aliphatic hydroxyl groups excluding tert-OH is 1. The second kappa shape index (κ2) is 7.97. The molecule has 0 saturated heterocycles. The molecule has 0 aliphatic heterocycles. The topological polar surface area (TPSA) is 49.3 Å². The first kappa shape index (κ1) is 14.8. The van der Waals surface area contributed by atoms with Crippen molar-refractivity contribution < 1.29 is 9.32 Å². The monoisotopic (exact) mass is 319 g/mol. The largest absolute Gasteiger partial charge is 0.396 e. The Morgan fingerprint density at radius 3 is 2.76 bits per heavy atom. The van der Waals surface area contributed by atoms with Crippen LogP contribution in [0.4, 0.5) is 0 Å². The maximum absolute atomic E-state index is 12.2. The molecule has 0 amide bonds. The summed E-state index contributed by atoms with van der Waals surface area (Å²) in [6.45, 7) is 2.94. The third-order valence-corrected chi connectivity index (χ3v) is 4.91. The van der Waals surface area contributed by atoms with Gasteiger partial charge in [-0.05, 0) is 41.0 Å². The summed E-state index contributed by atoms with van der Waals surface area (Å²) in [6.07, 6.45) is 0.629. The standard InChI is InChI=1S/C12H18BrNO2S/c1-2-14-10(7-8-15)9-17(16)12-6-4-3-5-11(12)13/h3-6,10,14-15H,2,7-9H2,1H3. The summed E-state index contributed by atoms with van der Waals surface area (Å²) in [4.78, 5) is 0.813. The van der Waals surface area contributed by atoms with Gasteiger partial charge in [0.15, 0.2) is 0 Å². The van der Waals surface area contributed by atoms with Crippen molar-refractivity contribution in [1.82, 2.24) is 5.32 Å². The molecule has 0 aromatic heterocycles. The Hall–Kier alpha value is -0.230. The zero-order valence-corrected chi connectivity index (χ0v) is 12.3. The fourth-order valence-electron chi connectivity index (χ4n) is 1.59. The van der Waals surface area contributed by atoms with Gasteiger partial charge in [-0.25, -0.2) is 0 Å².